The minimum absolute atomic E-state index is 0.517. The van der Waals surface area contributed by atoms with Crippen molar-refractivity contribution in [1.29, 1.82) is 0 Å². The van der Waals surface area contributed by atoms with Crippen LogP contribution in [0.1, 0.15) is 47.5 Å². The molecule has 0 spiro atoms. The molecular weight excluding hydrogens is 266 g/mol. The molecule has 114 valence electrons. The molecule has 0 bridgehead atoms. The zero-order valence-corrected chi connectivity index (χ0v) is 14.3. The Labute approximate surface area is 128 Å². The number of anilines is 1. The predicted molar refractivity (Wildman–Crippen MR) is 90.6 cm³/mol. The highest BCUT2D eigenvalue weighted by Crippen LogP contribution is 2.39. The maximum Gasteiger partial charge on any atom is 0.0594 e. The first-order valence-corrected chi connectivity index (χ1v) is 8.55. The molecule has 1 heterocycles. The van der Waals surface area contributed by atoms with Gasteiger partial charge in [0.25, 0.3) is 0 Å². The van der Waals surface area contributed by atoms with Gasteiger partial charge in [-0.3, -0.25) is 0 Å². The number of nitrogens with one attached hydrogen (secondary N) is 1. The van der Waals surface area contributed by atoms with Crippen molar-refractivity contribution in [3.05, 3.63) is 24.3 Å². The van der Waals surface area contributed by atoms with Crippen LogP contribution >= 0.6 is 11.8 Å². The third-order valence-electron chi connectivity index (χ3n) is 3.37. The molecule has 0 saturated carbocycles. The van der Waals surface area contributed by atoms with Gasteiger partial charge in [-0.05, 0) is 44.7 Å². The molecular formula is C17H29NOS. The summed E-state index contributed by atoms with van der Waals surface area (Å²) in [6.45, 7) is 11.1. The number of aliphatic hydroxyl groups is 1. The Morgan fingerprint density at radius 3 is 2.65 bits per heavy atom. The van der Waals surface area contributed by atoms with Gasteiger partial charge in [0.2, 0.25) is 0 Å². The lowest BCUT2D eigenvalue weighted by Gasteiger charge is -2.27. The summed E-state index contributed by atoms with van der Waals surface area (Å²) in [7, 11) is 0. The first-order chi connectivity index (χ1) is 9.46. The Morgan fingerprint density at radius 1 is 1.35 bits per heavy atom. The van der Waals surface area contributed by atoms with Gasteiger partial charge in [0.1, 0.15) is 0 Å². The van der Waals surface area contributed by atoms with Crippen molar-refractivity contribution in [2.24, 2.45) is 5.92 Å². The van der Waals surface area contributed by atoms with Gasteiger partial charge in [0.15, 0.2) is 0 Å². The third kappa shape index (κ3) is 5.37. The zero-order valence-electron chi connectivity index (χ0n) is 13.4. The van der Waals surface area contributed by atoms with Crippen LogP contribution in [0, 0.1) is 5.92 Å². The van der Waals surface area contributed by atoms with E-state index in [9.17, 15) is 5.11 Å². The van der Waals surface area contributed by atoms with Crippen LogP contribution < -0.4 is 5.32 Å². The molecule has 2 atom stereocenters. The van der Waals surface area contributed by atoms with Crippen molar-refractivity contribution in [1.82, 2.24) is 0 Å². The minimum Gasteiger partial charge on any atom is -0.390 e. The van der Waals surface area contributed by atoms with Crippen LogP contribution in [0.25, 0.3) is 0 Å². The molecule has 2 nitrogen and oxygen atoms in total. The van der Waals surface area contributed by atoms with Crippen molar-refractivity contribution in [3.63, 3.8) is 0 Å². The van der Waals surface area contributed by atoms with Crippen LogP contribution in [0.5, 0.6) is 0 Å². The van der Waals surface area contributed by atoms with Gasteiger partial charge in [-0.15, -0.1) is 11.8 Å². The second kappa shape index (κ2) is 7.94. The van der Waals surface area contributed by atoms with Gasteiger partial charge in [-0.25, -0.2) is 0 Å². The highest BCUT2D eigenvalue weighted by atomic mass is 32.2. The predicted octanol–water partition coefficient (Wildman–Crippen LogP) is 4.79. The van der Waals surface area contributed by atoms with Gasteiger partial charge in [-0.2, -0.15) is 0 Å². The summed E-state index contributed by atoms with van der Waals surface area (Å²) < 4.78 is 0. The normalized spacial score (nSPS) is 19.8. The van der Waals surface area contributed by atoms with E-state index in [1.165, 1.54) is 10.6 Å². The maximum absolute atomic E-state index is 9.96. The fourth-order valence-electron chi connectivity index (χ4n) is 2.61. The number of rotatable bonds is 3. The molecule has 20 heavy (non-hydrogen) atoms. The number of thioether (sulfide) groups is 1. The molecule has 0 amide bonds. The molecule has 0 aliphatic carbocycles. The zero-order chi connectivity index (χ0) is 15.2. The quantitative estimate of drug-likeness (QED) is 0.841. The van der Waals surface area contributed by atoms with Crippen LogP contribution in [0.4, 0.5) is 5.69 Å². The van der Waals surface area contributed by atoms with E-state index < -0.39 is 5.60 Å². The van der Waals surface area contributed by atoms with E-state index >= 15 is 0 Å². The summed E-state index contributed by atoms with van der Waals surface area (Å²) in [5, 5.41) is 14.0. The molecule has 0 aromatic heterocycles. The van der Waals surface area contributed by atoms with Gasteiger partial charge in [0, 0.05) is 22.4 Å². The number of para-hydroxylation sites is 1. The lowest BCUT2D eigenvalue weighted by molar-refractivity contribution is 0.0547. The number of benzene rings is 1. The molecule has 1 aromatic rings. The fraction of sp³-hybridized carbons (Fsp3) is 0.647. The molecule has 2 rings (SSSR count). The molecule has 1 aromatic carbocycles. The van der Waals surface area contributed by atoms with Crippen molar-refractivity contribution in [2.75, 3.05) is 11.9 Å². The van der Waals surface area contributed by atoms with E-state index in [1.807, 2.05) is 39.5 Å². The van der Waals surface area contributed by atoms with E-state index in [-0.39, 0.29) is 0 Å². The molecule has 0 saturated heterocycles. The Kier molecular flexibility index (Phi) is 6.90. The summed E-state index contributed by atoms with van der Waals surface area (Å²) in [4.78, 5) is 1.34. The topological polar surface area (TPSA) is 32.3 Å². The molecule has 0 radical (unpaired) electrons. The highest BCUT2D eigenvalue weighted by molar-refractivity contribution is 8.00. The minimum atomic E-state index is -0.570. The second-order valence-electron chi connectivity index (χ2n) is 5.86. The fourth-order valence-corrected chi connectivity index (χ4v) is 3.92. The largest absolute Gasteiger partial charge is 0.390 e. The Balaban J connectivity index is 0.000000956. The Bertz CT molecular complexity index is 400. The lowest BCUT2D eigenvalue weighted by atomic mass is 9.91. The smallest absolute Gasteiger partial charge is 0.0594 e. The van der Waals surface area contributed by atoms with E-state index in [0.29, 0.717) is 11.2 Å². The van der Waals surface area contributed by atoms with Gasteiger partial charge >= 0.3 is 0 Å². The van der Waals surface area contributed by atoms with Crippen LogP contribution in [0.2, 0.25) is 0 Å². The molecule has 0 fully saturated rings. The van der Waals surface area contributed by atoms with E-state index in [1.54, 1.807) is 0 Å². The highest BCUT2D eigenvalue weighted by Gasteiger charge is 2.26. The number of hydrogen-bond donors (Lipinski definition) is 2. The molecule has 2 N–H and O–H groups in total. The van der Waals surface area contributed by atoms with Crippen LogP contribution in [0.3, 0.4) is 0 Å². The van der Waals surface area contributed by atoms with Crippen molar-refractivity contribution in [3.8, 4) is 0 Å². The van der Waals surface area contributed by atoms with Crippen molar-refractivity contribution in [2.45, 2.75) is 63.2 Å². The average molecular weight is 295 g/mol. The second-order valence-corrected chi connectivity index (χ2v) is 7.14. The van der Waals surface area contributed by atoms with Gasteiger partial charge in [0.05, 0.1) is 5.60 Å². The maximum atomic E-state index is 9.96. The third-order valence-corrected chi connectivity index (χ3v) is 4.98. The SMILES string of the molecule is CC.CC(CC(C)(C)O)C1CCNc2ccccc2S1. The van der Waals surface area contributed by atoms with Crippen LogP contribution in [-0.2, 0) is 0 Å². The Morgan fingerprint density at radius 2 is 2.00 bits per heavy atom. The summed E-state index contributed by atoms with van der Waals surface area (Å²) >= 11 is 1.95. The standard InChI is InChI=1S/C15H23NOS.C2H6/c1-11(10-15(2,3)17)13-8-9-16-12-6-4-5-7-14(12)18-13;1-2/h4-7,11,13,16-17H,8-10H2,1-3H3;1-2H3. The van der Waals surface area contributed by atoms with Crippen LogP contribution in [0.15, 0.2) is 29.2 Å². The summed E-state index contributed by atoms with van der Waals surface area (Å²) in [6.07, 6.45) is 2.00. The first-order valence-electron chi connectivity index (χ1n) is 7.68. The van der Waals surface area contributed by atoms with Gasteiger partial charge < -0.3 is 10.4 Å². The molecule has 1 aliphatic heterocycles. The summed E-state index contributed by atoms with van der Waals surface area (Å²) in [5.74, 6) is 0.517. The summed E-state index contributed by atoms with van der Waals surface area (Å²) in [6, 6.07) is 8.50. The number of hydrogen-bond acceptors (Lipinski definition) is 3. The van der Waals surface area contributed by atoms with Crippen molar-refractivity contribution >= 4 is 17.4 Å². The monoisotopic (exact) mass is 295 g/mol. The van der Waals surface area contributed by atoms with E-state index in [0.717, 1.165) is 19.4 Å². The Hall–Kier alpha value is -0.670. The molecule has 3 heteroatoms. The average Bonchev–Trinajstić information content (AvgIpc) is 2.61. The van der Waals surface area contributed by atoms with Crippen molar-refractivity contribution < 1.29 is 5.11 Å². The number of fused-ring (bicyclic) bond motifs is 1. The van der Waals surface area contributed by atoms with Crippen LogP contribution in [-0.4, -0.2) is 22.5 Å². The van der Waals surface area contributed by atoms with E-state index in [2.05, 4.69) is 36.5 Å². The molecule has 2 unspecified atom stereocenters. The molecule has 1 aliphatic rings. The van der Waals surface area contributed by atoms with E-state index in [4.69, 9.17) is 0 Å². The first kappa shape index (κ1) is 17.4. The summed E-state index contributed by atoms with van der Waals surface area (Å²) in [5.41, 5.74) is 0.680. The van der Waals surface area contributed by atoms with Gasteiger partial charge in [-0.1, -0.05) is 32.9 Å². The lowest BCUT2D eigenvalue weighted by Crippen LogP contribution is -2.27.